The SMILES string of the molecule is CC(C)=CCOC(C)C1CCC(C)CC1. The summed E-state index contributed by atoms with van der Waals surface area (Å²) in [6.07, 6.45) is 8.10. The van der Waals surface area contributed by atoms with E-state index in [1.54, 1.807) is 0 Å². The summed E-state index contributed by atoms with van der Waals surface area (Å²) >= 11 is 0. The number of ether oxygens (including phenoxy) is 1. The van der Waals surface area contributed by atoms with E-state index in [-0.39, 0.29) is 0 Å². The lowest BCUT2D eigenvalue weighted by Gasteiger charge is -2.30. The van der Waals surface area contributed by atoms with Crippen molar-refractivity contribution in [2.24, 2.45) is 11.8 Å². The molecule has 0 bridgehead atoms. The first-order chi connectivity index (χ1) is 7.09. The van der Waals surface area contributed by atoms with E-state index in [1.165, 1.54) is 31.3 Å². The minimum Gasteiger partial charge on any atom is -0.374 e. The summed E-state index contributed by atoms with van der Waals surface area (Å²) in [5, 5.41) is 0. The highest BCUT2D eigenvalue weighted by Gasteiger charge is 2.23. The highest BCUT2D eigenvalue weighted by molar-refractivity contribution is 4.93. The van der Waals surface area contributed by atoms with Crippen LogP contribution in [0.2, 0.25) is 0 Å². The zero-order chi connectivity index (χ0) is 11.3. The summed E-state index contributed by atoms with van der Waals surface area (Å²) in [6.45, 7) is 9.63. The molecular weight excluding hydrogens is 184 g/mol. The van der Waals surface area contributed by atoms with Gasteiger partial charge < -0.3 is 4.74 Å². The monoisotopic (exact) mass is 210 g/mol. The Morgan fingerprint density at radius 1 is 1.27 bits per heavy atom. The Labute approximate surface area is 94.9 Å². The molecule has 1 aliphatic rings. The van der Waals surface area contributed by atoms with Gasteiger partial charge in [0.2, 0.25) is 0 Å². The highest BCUT2D eigenvalue weighted by atomic mass is 16.5. The first-order valence-electron chi connectivity index (χ1n) is 6.34. The van der Waals surface area contributed by atoms with Crippen molar-refractivity contribution < 1.29 is 4.74 Å². The van der Waals surface area contributed by atoms with E-state index >= 15 is 0 Å². The minimum atomic E-state index is 0.438. The number of hydrogen-bond acceptors (Lipinski definition) is 1. The van der Waals surface area contributed by atoms with E-state index < -0.39 is 0 Å². The fraction of sp³-hybridized carbons (Fsp3) is 0.857. The van der Waals surface area contributed by atoms with Gasteiger partial charge in [0.15, 0.2) is 0 Å². The van der Waals surface area contributed by atoms with Crippen molar-refractivity contribution in [3.63, 3.8) is 0 Å². The van der Waals surface area contributed by atoms with E-state index in [1.807, 2.05) is 0 Å². The Kier molecular flexibility index (Phi) is 5.38. The quantitative estimate of drug-likeness (QED) is 0.632. The molecule has 88 valence electrons. The lowest BCUT2D eigenvalue weighted by molar-refractivity contribution is 0.0238. The van der Waals surface area contributed by atoms with E-state index in [9.17, 15) is 0 Å². The van der Waals surface area contributed by atoms with Crippen molar-refractivity contribution in [3.05, 3.63) is 11.6 Å². The largest absolute Gasteiger partial charge is 0.374 e. The summed E-state index contributed by atoms with van der Waals surface area (Å²) in [4.78, 5) is 0. The van der Waals surface area contributed by atoms with Gasteiger partial charge >= 0.3 is 0 Å². The van der Waals surface area contributed by atoms with Gasteiger partial charge in [-0.1, -0.05) is 31.4 Å². The molecule has 0 aromatic heterocycles. The van der Waals surface area contributed by atoms with Crippen LogP contribution in [0.3, 0.4) is 0 Å². The Balaban J connectivity index is 2.22. The number of allylic oxidation sites excluding steroid dienone is 1. The van der Waals surface area contributed by atoms with E-state index in [4.69, 9.17) is 4.74 Å². The lowest BCUT2D eigenvalue weighted by atomic mass is 9.80. The third-order valence-corrected chi connectivity index (χ3v) is 3.58. The Morgan fingerprint density at radius 2 is 1.87 bits per heavy atom. The van der Waals surface area contributed by atoms with Gasteiger partial charge in [0.25, 0.3) is 0 Å². The number of hydrogen-bond donors (Lipinski definition) is 0. The molecule has 0 aliphatic heterocycles. The summed E-state index contributed by atoms with van der Waals surface area (Å²) in [6, 6.07) is 0. The topological polar surface area (TPSA) is 9.23 Å². The van der Waals surface area contributed by atoms with Crippen molar-refractivity contribution in [2.45, 2.75) is 59.5 Å². The van der Waals surface area contributed by atoms with Crippen molar-refractivity contribution in [1.82, 2.24) is 0 Å². The maximum absolute atomic E-state index is 5.85. The molecule has 1 atom stereocenters. The fourth-order valence-corrected chi connectivity index (χ4v) is 2.26. The third kappa shape index (κ3) is 4.83. The summed E-state index contributed by atoms with van der Waals surface area (Å²) < 4.78 is 5.85. The van der Waals surface area contributed by atoms with Crippen LogP contribution >= 0.6 is 0 Å². The molecule has 0 spiro atoms. The van der Waals surface area contributed by atoms with Crippen molar-refractivity contribution in [1.29, 1.82) is 0 Å². The molecule has 0 saturated heterocycles. The normalized spacial score (nSPS) is 28.5. The van der Waals surface area contributed by atoms with Gasteiger partial charge in [-0.25, -0.2) is 0 Å². The van der Waals surface area contributed by atoms with E-state index in [2.05, 4.69) is 33.8 Å². The average molecular weight is 210 g/mol. The zero-order valence-corrected chi connectivity index (χ0v) is 10.8. The molecule has 0 aromatic rings. The van der Waals surface area contributed by atoms with Crippen LogP contribution in [0.5, 0.6) is 0 Å². The average Bonchev–Trinajstić information content (AvgIpc) is 2.18. The predicted molar refractivity (Wildman–Crippen MR) is 66.0 cm³/mol. The van der Waals surface area contributed by atoms with Crippen LogP contribution in [-0.4, -0.2) is 12.7 Å². The first kappa shape index (κ1) is 12.8. The zero-order valence-electron chi connectivity index (χ0n) is 10.8. The lowest BCUT2D eigenvalue weighted by Crippen LogP contribution is -2.25. The molecule has 1 aliphatic carbocycles. The van der Waals surface area contributed by atoms with Crippen LogP contribution in [0, 0.1) is 11.8 Å². The van der Waals surface area contributed by atoms with Gasteiger partial charge in [0.05, 0.1) is 12.7 Å². The summed E-state index contributed by atoms with van der Waals surface area (Å²) in [5.74, 6) is 1.73. The molecule has 0 N–H and O–H groups in total. The van der Waals surface area contributed by atoms with Gasteiger partial charge in [0.1, 0.15) is 0 Å². The second kappa shape index (κ2) is 6.32. The molecule has 1 unspecified atom stereocenters. The molecule has 1 nitrogen and oxygen atoms in total. The Morgan fingerprint density at radius 3 is 2.40 bits per heavy atom. The van der Waals surface area contributed by atoms with E-state index in [0.717, 1.165) is 18.4 Å². The molecule has 15 heavy (non-hydrogen) atoms. The third-order valence-electron chi connectivity index (χ3n) is 3.58. The van der Waals surface area contributed by atoms with Crippen LogP contribution in [0.4, 0.5) is 0 Å². The summed E-state index contributed by atoms with van der Waals surface area (Å²) in [5.41, 5.74) is 1.35. The van der Waals surface area contributed by atoms with Crippen LogP contribution in [0.15, 0.2) is 11.6 Å². The smallest absolute Gasteiger partial charge is 0.0653 e. The number of rotatable bonds is 4. The molecule has 1 fully saturated rings. The second-order valence-corrected chi connectivity index (χ2v) is 5.34. The maximum atomic E-state index is 5.85. The Hall–Kier alpha value is -0.300. The van der Waals surface area contributed by atoms with Gasteiger partial charge in [0, 0.05) is 0 Å². The van der Waals surface area contributed by atoms with Gasteiger partial charge in [-0.15, -0.1) is 0 Å². The fourth-order valence-electron chi connectivity index (χ4n) is 2.26. The van der Waals surface area contributed by atoms with Crippen LogP contribution in [-0.2, 0) is 4.74 Å². The molecule has 1 rings (SSSR count). The standard InChI is InChI=1S/C14H26O/c1-11(2)9-10-15-13(4)14-7-5-12(3)6-8-14/h9,12-14H,5-8,10H2,1-4H3. The maximum Gasteiger partial charge on any atom is 0.0653 e. The highest BCUT2D eigenvalue weighted by Crippen LogP contribution is 2.31. The van der Waals surface area contributed by atoms with Crippen LogP contribution in [0.1, 0.15) is 53.4 Å². The molecular formula is C14H26O. The van der Waals surface area contributed by atoms with Crippen LogP contribution in [0.25, 0.3) is 0 Å². The predicted octanol–water partition coefficient (Wildman–Crippen LogP) is 4.18. The molecule has 1 heteroatoms. The second-order valence-electron chi connectivity index (χ2n) is 5.34. The molecule has 0 aromatic carbocycles. The van der Waals surface area contributed by atoms with Crippen molar-refractivity contribution in [3.8, 4) is 0 Å². The van der Waals surface area contributed by atoms with Crippen molar-refractivity contribution >= 4 is 0 Å². The molecule has 0 amide bonds. The van der Waals surface area contributed by atoms with Crippen LogP contribution < -0.4 is 0 Å². The first-order valence-corrected chi connectivity index (χ1v) is 6.34. The Bertz CT molecular complexity index is 195. The van der Waals surface area contributed by atoms with Gasteiger partial charge in [-0.05, 0) is 45.4 Å². The van der Waals surface area contributed by atoms with Gasteiger partial charge in [-0.2, -0.15) is 0 Å². The van der Waals surface area contributed by atoms with E-state index in [0.29, 0.717) is 6.10 Å². The molecule has 1 saturated carbocycles. The minimum absolute atomic E-state index is 0.438. The molecule has 0 radical (unpaired) electrons. The molecule has 0 heterocycles. The summed E-state index contributed by atoms with van der Waals surface area (Å²) in [7, 11) is 0. The van der Waals surface area contributed by atoms with Gasteiger partial charge in [-0.3, -0.25) is 0 Å². The van der Waals surface area contributed by atoms with Crippen molar-refractivity contribution in [2.75, 3.05) is 6.61 Å².